The van der Waals surface area contributed by atoms with Gasteiger partial charge in [-0.05, 0) is 42.5 Å². The average Bonchev–Trinajstić information content (AvgIpc) is 2.34. The van der Waals surface area contributed by atoms with Crippen LogP contribution in [0.25, 0.3) is 0 Å². The minimum atomic E-state index is -0.590. The van der Waals surface area contributed by atoms with Crippen LogP contribution in [0.3, 0.4) is 0 Å². The molecular weight excluding hydrogens is 230 g/mol. The van der Waals surface area contributed by atoms with Crippen LogP contribution in [0.15, 0.2) is 42.5 Å². The van der Waals surface area contributed by atoms with Crippen molar-refractivity contribution in [2.75, 3.05) is 11.5 Å². The van der Waals surface area contributed by atoms with E-state index in [1.165, 1.54) is 6.07 Å². The first-order valence-electron chi connectivity index (χ1n) is 5.29. The van der Waals surface area contributed by atoms with Gasteiger partial charge in [0.2, 0.25) is 0 Å². The maximum absolute atomic E-state index is 11.3. The third-order valence-electron chi connectivity index (χ3n) is 2.38. The van der Waals surface area contributed by atoms with E-state index < -0.39 is 5.91 Å². The van der Waals surface area contributed by atoms with Crippen LogP contribution in [0.5, 0.6) is 11.5 Å². The average molecular weight is 243 g/mol. The number of benzene rings is 2. The maximum Gasteiger partial charge on any atom is 0.252 e. The number of hydrogen-bond acceptors (Lipinski definition) is 4. The van der Waals surface area contributed by atoms with Crippen molar-refractivity contribution in [3.8, 4) is 11.5 Å². The Labute approximate surface area is 104 Å². The molecule has 0 unspecified atom stereocenters. The molecule has 0 aliphatic carbocycles. The van der Waals surface area contributed by atoms with Crippen molar-refractivity contribution in [3.05, 3.63) is 48.0 Å². The van der Waals surface area contributed by atoms with Crippen LogP contribution in [-0.2, 0) is 0 Å². The number of anilines is 2. The molecule has 0 spiro atoms. The molecule has 0 aliphatic rings. The molecule has 2 aromatic rings. The van der Waals surface area contributed by atoms with Crippen molar-refractivity contribution >= 4 is 17.3 Å². The normalized spacial score (nSPS) is 10.0. The first-order chi connectivity index (χ1) is 8.56. The molecule has 0 heterocycles. The topological polar surface area (TPSA) is 104 Å². The van der Waals surface area contributed by atoms with E-state index in [-0.39, 0.29) is 5.56 Å². The Kier molecular flexibility index (Phi) is 3.05. The minimum absolute atomic E-state index is 0.242. The molecule has 18 heavy (non-hydrogen) atoms. The Morgan fingerprint density at radius 2 is 1.56 bits per heavy atom. The van der Waals surface area contributed by atoms with Gasteiger partial charge in [0.05, 0.1) is 5.56 Å². The largest absolute Gasteiger partial charge is 0.457 e. The molecule has 0 aliphatic heterocycles. The molecule has 1 amide bonds. The first-order valence-corrected chi connectivity index (χ1v) is 5.29. The van der Waals surface area contributed by atoms with Crippen LogP contribution in [0.2, 0.25) is 0 Å². The summed E-state index contributed by atoms with van der Waals surface area (Å²) in [6.45, 7) is 0. The summed E-state index contributed by atoms with van der Waals surface area (Å²) in [5.41, 5.74) is 17.8. The van der Waals surface area contributed by atoms with Gasteiger partial charge in [0, 0.05) is 11.4 Å². The zero-order valence-corrected chi connectivity index (χ0v) is 9.59. The van der Waals surface area contributed by atoms with Gasteiger partial charge < -0.3 is 21.9 Å². The second kappa shape index (κ2) is 4.67. The van der Waals surface area contributed by atoms with E-state index in [4.69, 9.17) is 21.9 Å². The molecule has 2 rings (SSSR count). The number of nitrogens with two attached hydrogens (primary N) is 3. The van der Waals surface area contributed by atoms with Gasteiger partial charge in [0.15, 0.2) is 0 Å². The lowest BCUT2D eigenvalue weighted by atomic mass is 10.1. The molecule has 0 atom stereocenters. The highest BCUT2D eigenvalue weighted by Gasteiger charge is 2.10. The smallest absolute Gasteiger partial charge is 0.252 e. The number of amides is 1. The van der Waals surface area contributed by atoms with Crippen molar-refractivity contribution in [1.82, 2.24) is 0 Å². The van der Waals surface area contributed by atoms with Crippen LogP contribution in [-0.4, -0.2) is 5.91 Å². The van der Waals surface area contributed by atoms with E-state index in [0.29, 0.717) is 22.9 Å². The van der Waals surface area contributed by atoms with E-state index >= 15 is 0 Å². The molecular formula is C13H13N3O2. The third kappa shape index (κ3) is 2.52. The summed E-state index contributed by atoms with van der Waals surface area (Å²) < 4.78 is 5.57. The highest BCUT2D eigenvalue weighted by atomic mass is 16.5. The highest BCUT2D eigenvalue weighted by molar-refractivity contribution is 5.96. The molecule has 5 heteroatoms. The van der Waals surface area contributed by atoms with E-state index in [2.05, 4.69) is 0 Å². The number of nitrogen functional groups attached to an aromatic ring is 2. The summed E-state index contributed by atoms with van der Waals surface area (Å²) in [6.07, 6.45) is 0. The van der Waals surface area contributed by atoms with Crippen LogP contribution in [0.1, 0.15) is 10.4 Å². The van der Waals surface area contributed by atoms with Crippen molar-refractivity contribution in [3.63, 3.8) is 0 Å². The van der Waals surface area contributed by atoms with Crippen LogP contribution < -0.4 is 21.9 Å². The zero-order valence-electron chi connectivity index (χ0n) is 9.59. The highest BCUT2D eigenvalue weighted by Crippen LogP contribution is 2.27. The molecule has 0 bridgehead atoms. The van der Waals surface area contributed by atoms with Gasteiger partial charge in [-0.1, -0.05) is 0 Å². The number of hydrogen-bond donors (Lipinski definition) is 3. The van der Waals surface area contributed by atoms with Crippen LogP contribution >= 0.6 is 0 Å². The summed E-state index contributed by atoms with van der Waals surface area (Å²) >= 11 is 0. The molecule has 5 nitrogen and oxygen atoms in total. The molecule has 6 N–H and O–H groups in total. The summed E-state index contributed by atoms with van der Waals surface area (Å²) in [6, 6.07) is 11.5. The second-order valence-electron chi connectivity index (χ2n) is 3.79. The van der Waals surface area contributed by atoms with Crippen LogP contribution in [0, 0.1) is 0 Å². The number of primary amides is 1. The summed E-state index contributed by atoms with van der Waals surface area (Å²) in [7, 11) is 0. The lowest BCUT2D eigenvalue weighted by Gasteiger charge is -2.10. The quantitative estimate of drug-likeness (QED) is 0.714. The van der Waals surface area contributed by atoms with Crippen molar-refractivity contribution in [2.24, 2.45) is 5.73 Å². The zero-order chi connectivity index (χ0) is 13.1. The molecule has 2 aromatic carbocycles. The molecule has 0 radical (unpaired) electrons. The number of rotatable bonds is 3. The lowest BCUT2D eigenvalue weighted by Crippen LogP contribution is -2.12. The summed E-state index contributed by atoms with van der Waals surface area (Å²) in [4.78, 5) is 11.3. The molecule has 0 aromatic heterocycles. The molecule has 0 fully saturated rings. The van der Waals surface area contributed by atoms with E-state index in [1.807, 2.05) is 0 Å². The Morgan fingerprint density at radius 3 is 2.17 bits per heavy atom. The van der Waals surface area contributed by atoms with Gasteiger partial charge in [-0.3, -0.25) is 4.79 Å². The summed E-state index contributed by atoms with van der Waals surface area (Å²) in [5.74, 6) is 0.339. The standard InChI is InChI=1S/C13H13N3O2/c14-8-1-4-10(5-2-8)18-12-6-3-9(15)7-11(12)13(16)17/h1-7H,14-15H2,(H2,16,17). The SMILES string of the molecule is NC(=O)c1cc(N)ccc1Oc1ccc(N)cc1. The van der Waals surface area contributed by atoms with Gasteiger partial charge in [-0.15, -0.1) is 0 Å². The van der Waals surface area contributed by atoms with Crippen molar-refractivity contribution in [2.45, 2.75) is 0 Å². The number of carbonyl (C=O) groups is 1. The Bertz CT molecular complexity index is 579. The second-order valence-corrected chi connectivity index (χ2v) is 3.79. The van der Waals surface area contributed by atoms with Gasteiger partial charge in [-0.25, -0.2) is 0 Å². The van der Waals surface area contributed by atoms with Crippen LogP contribution in [0.4, 0.5) is 11.4 Å². The molecule has 0 saturated carbocycles. The lowest BCUT2D eigenvalue weighted by molar-refractivity contribution is 0.0998. The third-order valence-corrected chi connectivity index (χ3v) is 2.38. The fourth-order valence-electron chi connectivity index (χ4n) is 1.49. The number of ether oxygens (including phenoxy) is 1. The van der Waals surface area contributed by atoms with Crippen molar-refractivity contribution in [1.29, 1.82) is 0 Å². The van der Waals surface area contributed by atoms with Gasteiger partial charge in [0.25, 0.3) is 5.91 Å². The number of carbonyl (C=O) groups excluding carboxylic acids is 1. The predicted octanol–water partition coefficient (Wildman–Crippen LogP) is 1.74. The van der Waals surface area contributed by atoms with E-state index in [1.54, 1.807) is 36.4 Å². The minimum Gasteiger partial charge on any atom is -0.457 e. The van der Waals surface area contributed by atoms with Gasteiger partial charge >= 0.3 is 0 Å². The fourth-order valence-corrected chi connectivity index (χ4v) is 1.49. The predicted molar refractivity (Wildman–Crippen MR) is 70.3 cm³/mol. The Hall–Kier alpha value is -2.69. The maximum atomic E-state index is 11.3. The van der Waals surface area contributed by atoms with Gasteiger partial charge in [-0.2, -0.15) is 0 Å². The Balaban J connectivity index is 2.34. The van der Waals surface area contributed by atoms with E-state index in [9.17, 15) is 4.79 Å². The monoisotopic (exact) mass is 243 g/mol. The van der Waals surface area contributed by atoms with E-state index in [0.717, 1.165) is 0 Å². The molecule has 0 saturated heterocycles. The fraction of sp³-hybridized carbons (Fsp3) is 0. The molecule has 92 valence electrons. The van der Waals surface area contributed by atoms with Crippen molar-refractivity contribution < 1.29 is 9.53 Å². The summed E-state index contributed by atoms with van der Waals surface area (Å²) in [5, 5.41) is 0. The first kappa shape index (κ1) is 11.8. The Morgan fingerprint density at radius 1 is 0.944 bits per heavy atom. The van der Waals surface area contributed by atoms with Gasteiger partial charge in [0.1, 0.15) is 11.5 Å².